The van der Waals surface area contributed by atoms with E-state index in [1.54, 1.807) is 6.26 Å². The number of rotatable bonds is 6. The van der Waals surface area contributed by atoms with Gasteiger partial charge in [0.1, 0.15) is 5.76 Å². The molecule has 0 amide bonds. The molecular formula is C12H20N2O. The van der Waals surface area contributed by atoms with Gasteiger partial charge in [-0.2, -0.15) is 0 Å². The summed E-state index contributed by atoms with van der Waals surface area (Å²) in [7, 11) is 2.11. The Morgan fingerprint density at radius 3 is 3.00 bits per heavy atom. The summed E-state index contributed by atoms with van der Waals surface area (Å²) < 4.78 is 5.30. The maximum Gasteiger partial charge on any atom is 0.117 e. The van der Waals surface area contributed by atoms with Crippen LogP contribution in [0.1, 0.15) is 25.0 Å². The lowest BCUT2D eigenvalue weighted by Crippen LogP contribution is -2.29. The zero-order chi connectivity index (χ0) is 10.7. The van der Waals surface area contributed by atoms with E-state index in [2.05, 4.69) is 11.9 Å². The molecule has 2 N–H and O–H groups in total. The summed E-state index contributed by atoms with van der Waals surface area (Å²) in [5, 5.41) is 0. The van der Waals surface area contributed by atoms with Gasteiger partial charge in [-0.3, -0.25) is 4.90 Å². The van der Waals surface area contributed by atoms with Gasteiger partial charge in [-0.1, -0.05) is 0 Å². The normalized spacial score (nSPS) is 18.3. The van der Waals surface area contributed by atoms with E-state index in [-0.39, 0.29) is 0 Å². The zero-order valence-electron chi connectivity index (χ0n) is 9.36. The van der Waals surface area contributed by atoms with E-state index in [4.69, 9.17) is 10.2 Å². The van der Waals surface area contributed by atoms with Gasteiger partial charge in [0, 0.05) is 6.04 Å². The molecule has 0 spiro atoms. The van der Waals surface area contributed by atoms with Gasteiger partial charge in [-0.15, -0.1) is 0 Å². The molecule has 2 rings (SSSR count). The van der Waals surface area contributed by atoms with Crippen molar-refractivity contribution in [3.05, 3.63) is 24.2 Å². The van der Waals surface area contributed by atoms with Crippen molar-refractivity contribution in [1.82, 2.24) is 4.90 Å². The first-order valence-corrected chi connectivity index (χ1v) is 5.72. The molecule has 15 heavy (non-hydrogen) atoms. The molecule has 1 aromatic heterocycles. The quantitative estimate of drug-likeness (QED) is 0.775. The van der Waals surface area contributed by atoms with Gasteiger partial charge in [0.2, 0.25) is 0 Å². The van der Waals surface area contributed by atoms with Crippen molar-refractivity contribution in [2.45, 2.75) is 31.8 Å². The van der Waals surface area contributed by atoms with Crippen LogP contribution in [0.5, 0.6) is 0 Å². The monoisotopic (exact) mass is 208 g/mol. The van der Waals surface area contributed by atoms with Crippen LogP contribution in [0, 0.1) is 5.92 Å². The molecule has 0 bridgehead atoms. The Labute approximate surface area is 91.2 Å². The summed E-state index contributed by atoms with van der Waals surface area (Å²) in [4.78, 5) is 2.26. The Bertz CT molecular complexity index is 280. The van der Waals surface area contributed by atoms with Crippen LogP contribution in [0.15, 0.2) is 22.8 Å². The van der Waals surface area contributed by atoms with Gasteiger partial charge in [0.25, 0.3) is 0 Å². The van der Waals surface area contributed by atoms with Crippen LogP contribution in [0.2, 0.25) is 0 Å². The smallest absolute Gasteiger partial charge is 0.117 e. The minimum Gasteiger partial charge on any atom is -0.468 e. The second-order valence-electron chi connectivity index (χ2n) is 4.61. The fourth-order valence-corrected chi connectivity index (χ4v) is 1.88. The summed E-state index contributed by atoms with van der Waals surface area (Å²) in [6.45, 7) is 1.93. The first-order valence-electron chi connectivity index (χ1n) is 5.72. The van der Waals surface area contributed by atoms with Crippen molar-refractivity contribution < 1.29 is 4.42 Å². The summed E-state index contributed by atoms with van der Waals surface area (Å²) in [5.41, 5.74) is 6.05. The van der Waals surface area contributed by atoms with Crippen molar-refractivity contribution in [1.29, 1.82) is 0 Å². The first-order chi connectivity index (χ1) is 7.25. The van der Waals surface area contributed by atoms with Crippen molar-refractivity contribution in [3.63, 3.8) is 0 Å². The van der Waals surface area contributed by atoms with Crippen LogP contribution >= 0.6 is 0 Å². The highest BCUT2D eigenvalue weighted by molar-refractivity contribution is 4.97. The SMILES string of the molecule is CN(CCC(N)C1CC1)Cc1ccco1. The van der Waals surface area contributed by atoms with Crippen LogP contribution < -0.4 is 5.73 Å². The van der Waals surface area contributed by atoms with Gasteiger partial charge in [0.15, 0.2) is 0 Å². The van der Waals surface area contributed by atoms with Crippen LogP contribution in [0.3, 0.4) is 0 Å². The Hall–Kier alpha value is -0.800. The number of nitrogens with zero attached hydrogens (tertiary/aromatic N) is 1. The predicted octanol–water partition coefficient (Wildman–Crippen LogP) is 1.84. The average Bonchev–Trinajstić information content (AvgIpc) is 2.95. The molecule has 0 aromatic carbocycles. The van der Waals surface area contributed by atoms with E-state index in [1.807, 2.05) is 12.1 Å². The minimum atomic E-state index is 0.407. The van der Waals surface area contributed by atoms with Gasteiger partial charge in [-0.05, 0) is 50.9 Å². The third kappa shape index (κ3) is 3.36. The maximum absolute atomic E-state index is 6.05. The molecule has 1 atom stereocenters. The lowest BCUT2D eigenvalue weighted by Gasteiger charge is -2.17. The Morgan fingerprint density at radius 2 is 2.40 bits per heavy atom. The highest BCUT2D eigenvalue weighted by Gasteiger charge is 2.28. The molecule has 0 radical (unpaired) electrons. The number of nitrogens with two attached hydrogens (primary N) is 1. The van der Waals surface area contributed by atoms with E-state index in [0.29, 0.717) is 6.04 Å². The molecule has 1 aliphatic rings. The Balaban J connectivity index is 1.65. The third-order valence-corrected chi connectivity index (χ3v) is 3.08. The molecular weight excluding hydrogens is 188 g/mol. The topological polar surface area (TPSA) is 42.4 Å². The minimum absolute atomic E-state index is 0.407. The van der Waals surface area contributed by atoms with E-state index in [9.17, 15) is 0 Å². The molecule has 1 saturated carbocycles. The van der Waals surface area contributed by atoms with Crippen LogP contribution in [0.25, 0.3) is 0 Å². The molecule has 0 aliphatic heterocycles. The van der Waals surface area contributed by atoms with Crippen LogP contribution in [-0.2, 0) is 6.54 Å². The van der Waals surface area contributed by atoms with E-state index >= 15 is 0 Å². The second-order valence-corrected chi connectivity index (χ2v) is 4.61. The largest absolute Gasteiger partial charge is 0.468 e. The molecule has 1 heterocycles. The van der Waals surface area contributed by atoms with Crippen molar-refractivity contribution in [3.8, 4) is 0 Å². The Morgan fingerprint density at radius 1 is 1.60 bits per heavy atom. The lowest BCUT2D eigenvalue weighted by molar-refractivity contribution is 0.279. The highest BCUT2D eigenvalue weighted by atomic mass is 16.3. The maximum atomic E-state index is 6.05. The standard InChI is InChI=1S/C12H20N2O/c1-14(9-11-3-2-8-15-11)7-6-12(13)10-4-5-10/h2-3,8,10,12H,4-7,9,13H2,1H3. The second kappa shape index (κ2) is 4.81. The predicted molar refractivity (Wildman–Crippen MR) is 60.4 cm³/mol. The number of furan rings is 1. The first kappa shape index (κ1) is 10.7. The molecule has 1 aromatic rings. The van der Waals surface area contributed by atoms with Crippen LogP contribution in [0.4, 0.5) is 0 Å². The average molecular weight is 208 g/mol. The van der Waals surface area contributed by atoms with E-state index < -0.39 is 0 Å². The molecule has 1 fully saturated rings. The fraction of sp³-hybridized carbons (Fsp3) is 0.667. The van der Waals surface area contributed by atoms with Gasteiger partial charge >= 0.3 is 0 Å². The van der Waals surface area contributed by atoms with Gasteiger partial charge in [0.05, 0.1) is 12.8 Å². The fourth-order valence-electron chi connectivity index (χ4n) is 1.88. The summed E-state index contributed by atoms with van der Waals surface area (Å²) in [5.74, 6) is 1.83. The molecule has 3 heteroatoms. The zero-order valence-corrected chi connectivity index (χ0v) is 9.36. The van der Waals surface area contributed by atoms with Gasteiger partial charge < -0.3 is 10.2 Å². The molecule has 1 unspecified atom stereocenters. The highest BCUT2D eigenvalue weighted by Crippen LogP contribution is 2.32. The molecule has 1 aliphatic carbocycles. The van der Waals surface area contributed by atoms with E-state index in [1.165, 1.54) is 12.8 Å². The summed E-state index contributed by atoms with van der Waals surface area (Å²) in [6.07, 6.45) is 5.49. The van der Waals surface area contributed by atoms with Crippen molar-refractivity contribution in [2.75, 3.05) is 13.6 Å². The summed E-state index contributed by atoms with van der Waals surface area (Å²) >= 11 is 0. The third-order valence-electron chi connectivity index (χ3n) is 3.08. The number of hydrogen-bond donors (Lipinski definition) is 1. The van der Waals surface area contributed by atoms with Gasteiger partial charge in [-0.25, -0.2) is 0 Å². The number of hydrogen-bond acceptors (Lipinski definition) is 3. The Kier molecular flexibility index (Phi) is 3.44. The van der Waals surface area contributed by atoms with Crippen molar-refractivity contribution >= 4 is 0 Å². The van der Waals surface area contributed by atoms with Crippen molar-refractivity contribution in [2.24, 2.45) is 11.7 Å². The molecule has 0 saturated heterocycles. The van der Waals surface area contributed by atoms with Crippen LogP contribution in [-0.4, -0.2) is 24.5 Å². The molecule has 84 valence electrons. The summed E-state index contributed by atoms with van der Waals surface area (Å²) in [6, 6.07) is 4.35. The molecule has 3 nitrogen and oxygen atoms in total. The lowest BCUT2D eigenvalue weighted by atomic mass is 10.1. The van der Waals surface area contributed by atoms with E-state index in [0.717, 1.165) is 31.2 Å².